The second-order valence-corrected chi connectivity index (χ2v) is 4.05. The van der Waals surface area contributed by atoms with E-state index in [-0.39, 0.29) is 0 Å². The van der Waals surface area contributed by atoms with E-state index in [1.807, 2.05) is 29.0 Å². The van der Waals surface area contributed by atoms with Crippen molar-refractivity contribution in [1.82, 2.24) is 14.5 Å². The lowest BCUT2D eigenvalue weighted by Crippen LogP contribution is -2.14. The first-order valence-corrected chi connectivity index (χ1v) is 5.51. The number of pyridine rings is 1. The average Bonchev–Trinajstić information content (AvgIpc) is 2.76. The molecule has 1 atom stereocenters. The van der Waals surface area contributed by atoms with Gasteiger partial charge < -0.3 is 9.67 Å². The van der Waals surface area contributed by atoms with Gasteiger partial charge in [0.15, 0.2) is 0 Å². The van der Waals surface area contributed by atoms with Crippen molar-refractivity contribution in [3.05, 3.63) is 36.4 Å². The molecule has 0 spiro atoms. The van der Waals surface area contributed by atoms with E-state index in [1.165, 1.54) is 0 Å². The van der Waals surface area contributed by atoms with Crippen LogP contribution >= 0.6 is 0 Å². The van der Waals surface area contributed by atoms with E-state index in [0.29, 0.717) is 0 Å². The third-order valence-electron chi connectivity index (χ3n) is 2.91. The topological polar surface area (TPSA) is 50.9 Å². The first-order valence-electron chi connectivity index (χ1n) is 5.51. The maximum absolute atomic E-state index is 9.82. The third-order valence-corrected chi connectivity index (χ3v) is 2.91. The summed E-state index contributed by atoms with van der Waals surface area (Å²) in [5.41, 5.74) is 1.70. The molecule has 82 valence electrons. The maximum Gasteiger partial charge on any atom is 0.138 e. The Kier molecular flexibility index (Phi) is 2.22. The van der Waals surface area contributed by atoms with Gasteiger partial charge in [0.25, 0.3) is 0 Å². The van der Waals surface area contributed by atoms with Crippen LogP contribution < -0.4 is 0 Å². The van der Waals surface area contributed by atoms with Crippen molar-refractivity contribution >= 4 is 0 Å². The Morgan fingerprint density at radius 1 is 1.31 bits per heavy atom. The van der Waals surface area contributed by atoms with E-state index < -0.39 is 6.10 Å². The minimum absolute atomic E-state index is 0.425. The monoisotopic (exact) mass is 215 g/mol. The summed E-state index contributed by atoms with van der Waals surface area (Å²) >= 11 is 0. The van der Waals surface area contributed by atoms with Gasteiger partial charge in [-0.3, -0.25) is 4.98 Å². The molecule has 0 amide bonds. The number of rotatable bonds is 1. The van der Waals surface area contributed by atoms with E-state index in [0.717, 1.165) is 36.6 Å². The molecule has 0 saturated carbocycles. The van der Waals surface area contributed by atoms with Gasteiger partial charge in [-0.2, -0.15) is 0 Å². The minimum Gasteiger partial charge on any atom is -0.385 e. The molecule has 0 bridgehead atoms. The Morgan fingerprint density at radius 3 is 3.00 bits per heavy atom. The number of aliphatic hydroxyl groups excluding tert-OH is 1. The molecule has 1 aliphatic heterocycles. The van der Waals surface area contributed by atoms with E-state index >= 15 is 0 Å². The minimum atomic E-state index is -0.425. The number of hydrogen-bond acceptors (Lipinski definition) is 3. The Labute approximate surface area is 93.6 Å². The fraction of sp³-hybridized carbons (Fsp3) is 0.333. The summed E-state index contributed by atoms with van der Waals surface area (Å²) in [7, 11) is 0. The zero-order valence-corrected chi connectivity index (χ0v) is 8.87. The summed E-state index contributed by atoms with van der Waals surface area (Å²) in [6.45, 7) is 0.937. The molecule has 1 unspecified atom stereocenters. The van der Waals surface area contributed by atoms with Crippen LogP contribution in [0.25, 0.3) is 11.4 Å². The molecule has 0 saturated heterocycles. The average molecular weight is 215 g/mol. The molecular weight excluding hydrogens is 202 g/mol. The molecule has 2 aromatic rings. The predicted octanol–water partition coefficient (Wildman–Crippen LogP) is 1.77. The largest absolute Gasteiger partial charge is 0.385 e. The van der Waals surface area contributed by atoms with Gasteiger partial charge in [-0.25, -0.2) is 4.98 Å². The number of hydrogen-bond donors (Lipinski definition) is 1. The molecule has 16 heavy (non-hydrogen) atoms. The molecule has 1 N–H and O–H groups in total. The molecule has 0 radical (unpaired) electrons. The summed E-state index contributed by atoms with van der Waals surface area (Å²) in [4.78, 5) is 8.71. The highest BCUT2D eigenvalue weighted by Gasteiger charge is 2.21. The van der Waals surface area contributed by atoms with Gasteiger partial charge in [-0.15, -0.1) is 0 Å². The van der Waals surface area contributed by atoms with Crippen LogP contribution in [0.5, 0.6) is 0 Å². The highest BCUT2D eigenvalue weighted by molar-refractivity contribution is 5.53. The number of nitrogens with zero attached hydrogens (tertiary/aromatic N) is 3. The molecule has 0 aromatic carbocycles. The number of imidazole rings is 1. The highest BCUT2D eigenvalue weighted by Crippen LogP contribution is 2.26. The lowest BCUT2D eigenvalue weighted by atomic mass is 10.1. The Balaban J connectivity index is 2.05. The van der Waals surface area contributed by atoms with Crippen LogP contribution in [0.4, 0.5) is 0 Å². The van der Waals surface area contributed by atoms with Gasteiger partial charge in [0, 0.05) is 18.9 Å². The van der Waals surface area contributed by atoms with E-state index in [4.69, 9.17) is 0 Å². The Morgan fingerprint density at radius 2 is 2.25 bits per heavy atom. The fourth-order valence-electron chi connectivity index (χ4n) is 2.10. The van der Waals surface area contributed by atoms with E-state index in [9.17, 15) is 5.11 Å². The standard InChI is InChI=1S/C12H13N3O/c16-11-5-3-7-15-8-10(14-12(11)15)9-4-1-2-6-13-9/h1-2,4,6,8,11,16H,3,5,7H2. The van der Waals surface area contributed by atoms with Crippen molar-refractivity contribution < 1.29 is 5.11 Å². The number of aryl methyl sites for hydroxylation is 1. The molecule has 0 aliphatic carbocycles. The molecular formula is C12H13N3O. The highest BCUT2D eigenvalue weighted by atomic mass is 16.3. The molecule has 3 heterocycles. The number of fused-ring (bicyclic) bond motifs is 1. The summed E-state index contributed by atoms with van der Waals surface area (Å²) in [6.07, 6.45) is 5.11. The van der Waals surface area contributed by atoms with Gasteiger partial charge in [-0.05, 0) is 25.0 Å². The van der Waals surface area contributed by atoms with Crippen molar-refractivity contribution in [1.29, 1.82) is 0 Å². The summed E-state index contributed by atoms with van der Waals surface area (Å²) < 4.78 is 2.03. The lowest BCUT2D eigenvalue weighted by molar-refractivity contribution is 0.134. The third kappa shape index (κ3) is 1.51. The van der Waals surface area contributed by atoms with Gasteiger partial charge in [0.1, 0.15) is 17.6 Å². The van der Waals surface area contributed by atoms with Gasteiger partial charge in [0.2, 0.25) is 0 Å². The van der Waals surface area contributed by atoms with Crippen molar-refractivity contribution in [3.8, 4) is 11.4 Å². The van der Waals surface area contributed by atoms with Crippen molar-refractivity contribution in [2.24, 2.45) is 0 Å². The normalized spacial score (nSPS) is 19.4. The van der Waals surface area contributed by atoms with Crippen molar-refractivity contribution in [2.45, 2.75) is 25.5 Å². The lowest BCUT2D eigenvalue weighted by Gasteiger charge is -2.18. The van der Waals surface area contributed by atoms with Crippen LogP contribution in [0, 0.1) is 0 Å². The van der Waals surface area contributed by atoms with Crippen LogP contribution in [0.3, 0.4) is 0 Å². The quantitative estimate of drug-likeness (QED) is 0.788. The Hall–Kier alpha value is -1.68. The predicted molar refractivity (Wildman–Crippen MR) is 59.7 cm³/mol. The van der Waals surface area contributed by atoms with Crippen LogP contribution in [-0.4, -0.2) is 19.6 Å². The van der Waals surface area contributed by atoms with E-state index in [1.54, 1.807) is 6.20 Å². The SMILES string of the molecule is OC1CCCn2cc(-c3ccccn3)nc21. The zero-order valence-electron chi connectivity index (χ0n) is 8.87. The first kappa shape index (κ1) is 9.54. The Bertz CT molecular complexity index is 492. The molecule has 1 aliphatic rings. The molecule has 2 aromatic heterocycles. The smallest absolute Gasteiger partial charge is 0.138 e. The van der Waals surface area contributed by atoms with Crippen LogP contribution in [0.1, 0.15) is 24.8 Å². The van der Waals surface area contributed by atoms with Crippen LogP contribution in [-0.2, 0) is 6.54 Å². The fourth-order valence-corrected chi connectivity index (χ4v) is 2.10. The molecule has 3 rings (SSSR count). The summed E-state index contributed by atoms with van der Waals surface area (Å²) in [6, 6.07) is 5.76. The number of aromatic nitrogens is 3. The first-order chi connectivity index (χ1) is 7.84. The zero-order chi connectivity index (χ0) is 11.0. The van der Waals surface area contributed by atoms with Gasteiger partial charge >= 0.3 is 0 Å². The molecule has 4 heteroatoms. The molecule has 0 fully saturated rings. The second kappa shape index (κ2) is 3.72. The summed E-state index contributed by atoms with van der Waals surface area (Å²) in [5.74, 6) is 0.770. The number of aliphatic hydroxyl groups is 1. The van der Waals surface area contributed by atoms with Crippen LogP contribution in [0.2, 0.25) is 0 Å². The molecule has 4 nitrogen and oxygen atoms in total. The maximum atomic E-state index is 9.82. The van der Waals surface area contributed by atoms with E-state index in [2.05, 4.69) is 9.97 Å². The van der Waals surface area contributed by atoms with Crippen molar-refractivity contribution in [2.75, 3.05) is 0 Å². The van der Waals surface area contributed by atoms with Gasteiger partial charge in [-0.1, -0.05) is 6.07 Å². The van der Waals surface area contributed by atoms with Crippen LogP contribution in [0.15, 0.2) is 30.6 Å². The second-order valence-electron chi connectivity index (χ2n) is 4.05. The summed E-state index contributed by atoms with van der Waals surface area (Å²) in [5, 5.41) is 9.82. The van der Waals surface area contributed by atoms with Crippen molar-refractivity contribution in [3.63, 3.8) is 0 Å². The van der Waals surface area contributed by atoms with Gasteiger partial charge in [0.05, 0.1) is 5.69 Å².